The molecule has 0 spiro atoms. The molecular formula is C21H23NO5. The van der Waals surface area contributed by atoms with E-state index in [1.807, 2.05) is 32.0 Å². The second-order valence-corrected chi connectivity index (χ2v) is 6.81. The topological polar surface area (TPSA) is 84.9 Å². The maximum Gasteiger partial charge on any atom is 0.330 e. The molecule has 1 heterocycles. The summed E-state index contributed by atoms with van der Waals surface area (Å²) in [7, 11) is 1.58. The van der Waals surface area contributed by atoms with E-state index in [1.165, 1.54) is 0 Å². The van der Waals surface area contributed by atoms with Crippen molar-refractivity contribution in [2.45, 2.75) is 26.3 Å². The molecule has 6 heteroatoms. The van der Waals surface area contributed by atoms with Gasteiger partial charge in [0.1, 0.15) is 18.1 Å². The van der Waals surface area contributed by atoms with Crippen molar-refractivity contribution in [2.75, 3.05) is 13.7 Å². The highest BCUT2D eigenvalue weighted by molar-refractivity contribution is 5.86. The van der Waals surface area contributed by atoms with Gasteiger partial charge in [0.2, 0.25) is 5.91 Å². The summed E-state index contributed by atoms with van der Waals surface area (Å²) >= 11 is 0. The van der Waals surface area contributed by atoms with Crippen LogP contribution in [0.15, 0.2) is 36.4 Å². The largest absolute Gasteiger partial charge is 0.497 e. The molecule has 6 nitrogen and oxygen atoms in total. The van der Waals surface area contributed by atoms with Gasteiger partial charge >= 0.3 is 5.97 Å². The first-order valence-electron chi connectivity index (χ1n) is 8.79. The summed E-state index contributed by atoms with van der Waals surface area (Å²) in [5.74, 6) is -0.474. The number of benzene rings is 2. The summed E-state index contributed by atoms with van der Waals surface area (Å²) < 4.78 is 10.9. The van der Waals surface area contributed by atoms with Crippen LogP contribution >= 0.6 is 0 Å². The Hall–Kier alpha value is -3.02. The van der Waals surface area contributed by atoms with Gasteiger partial charge in [-0.05, 0) is 60.7 Å². The molecule has 1 aliphatic heterocycles. The van der Waals surface area contributed by atoms with Crippen molar-refractivity contribution in [3.8, 4) is 11.5 Å². The third kappa shape index (κ3) is 4.05. The lowest BCUT2D eigenvalue weighted by Crippen LogP contribution is -2.41. The number of hydrogen-bond donors (Lipinski definition) is 2. The Morgan fingerprint density at radius 1 is 1.19 bits per heavy atom. The van der Waals surface area contributed by atoms with Gasteiger partial charge in [0.25, 0.3) is 0 Å². The average Bonchev–Trinajstić information content (AvgIpc) is 2.67. The Kier molecular flexibility index (Phi) is 5.35. The lowest BCUT2D eigenvalue weighted by molar-refractivity contribution is -0.143. The van der Waals surface area contributed by atoms with E-state index in [9.17, 15) is 14.7 Å². The van der Waals surface area contributed by atoms with Crippen molar-refractivity contribution < 1.29 is 24.2 Å². The quantitative estimate of drug-likeness (QED) is 0.847. The highest BCUT2D eigenvalue weighted by Crippen LogP contribution is 2.31. The van der Waals surface area contributed by atoms with Crippen LogP contribution < -0.4 is 14.8 Å². The molecule has 0 aromatic heterocycles. The standard InChI is InChI=1S/C21H23NO5/c1-12-4-5-14(8-13(12)2)19(21(24)25)22-20(23)16-9-15-10-17(26-3)6-7-18(15)27-11-16/h4-8,10,16,19H,9,11H2,1-3H3,(H,22,23)(H,24,25). The Morgan fingerprint density at radius 2 is 1.96 bits per heavy atom. The van der Waals surface area contributed by atoms with Crippen molar-refractivity contribution in [3.63, 3.8) is 0 Å². The number of aryl methyl sites for hydroxylation is 2. The van der Waals surface area contributed by atoms with E-state index >= 15 is 0 Å². The summed E-state index contributed by atoms with van der Waals surface area (Å²) in [5.41, 5.74) is 3.48. The average molecular weight is 369 g/mol. The number of aliphatic carboxylic acids is 1. The molecule has 0 bridgehead atoms. The normalized spacial score (nSPS) is 16.6. The number of nitrogens with one attached hydrogen (secondary N) is 1. The van der Waals surface area contributed by atoms with Crippen molar-refractivity contribution >= 4 is 11.9 Å². The predicted molar refractivity (Wildman–Crippen MR) is 100 cm³/mol. The Labute approximate surface area is 158 Å². The molecule has 1 aliphatic rings. The second-order valence-electron chi connectivity index (χ2n) is 6.81. The van der Waals surface area contributed by atoms with Gasteiger partial charge in [-0.2, -0.15) is 0 Å². The van der Waals surface area contributed by atoms with Crippen molar-refractivity contribution in [1.29, 1.82) is 0 Å². The smallest absolute Gasteiger partial charge is 0.330 e. The van der Waals surface area contributed by atoms with Gasteiger partial charge < -0.3 is 19.9 Å². The predicted octanol–water partition coefficient (Wildman–Crippen LogP) is 2.81. The van der Waals surface area contributed by atoms with Gasteiger partial charge in [0.05, 0.1) is 13.0 Å². The summed E-state index contributed by atoms with van der Waals surface area (Å²) in [4.78, 5) is 24.5. The zero-order valence-electron chi connectivity index (χ0n) is 15.6. The maximum atomic E-state index is 12.7. The van der Waals surface area contributed by atoms with Gasteiger partial charge in [-0.1, -0.05) is 18.2 Å². The molecule has 0 saturated carbocycles. The van der Waals surface area contributed by atoms with Crippen LogP contribution in [0.5, 0.6) is 11.5 Å². The van der Waals surface area contributed by atoms with Crippen molar-refractivity contribution in [1.82, 2.24) is 5.32 Å². The van der Waals surface area contributed by atoms with E-state index in [0.29, 0.717) is 17.7 Å². The van der Waals surface area contributed by atoms with E-state index in [4.69, 9.17) is 9.47 Å². The maximum absolute atomic E-state index is 12.7. The third-order valence-electron chi connectivity index (χ3n) is 4.94. The number of carboxylic acid groups (broad SMARTS) is 1. The minimum absolute atomic E-state index is 0.213. The summed E-state index contributed by atoms with van der Waals surface area (Å²) in [6, 6.07) is 9.76. The number of hydrogen-bond acceptors (Lipinski definition) is 4. The van der Waals surface area contributed by atoms with Gasteiger partial charge in [-0.25, -0.2) is 4.79 Å². The lowest BCUT2D eigenvalue weighted by Gasteiger charge is -2.26. The molecule has 0 aliphatic carbocycles. The lowest BCUT2D eigenvalue weighted by atomic mass is 9.94. The second kappa shape index (κ2) is 7.70. The summed E-state index contributed by atoms with van der Waals surface area (Å²) in [6.07, 6.45) is 0.470. The highest BCUT2D eigenvalue weighted by Gasteiger charge is 2.30. The molecule has 0 radical (unpaired) electrons. The van der Waals surface area contributed by atoms with Crippen LogP contribution in [0.1, 0.15) is 28.3 Å². The Balaban J connectivity index is 1.76. The molecular weight excluding hydrogens is 346 g/mol. The number of carbonyl (C=O) groups is 2. The third-order valence-corrected chi connectivity index (χ3v) is 4.94. The van der Waals surface area contributed by atoms with E-state index in [-0.39, 0.29) is 12.5 Å². The van der Waals surface area contributed by atoms with Gasteiger partial charge in [-0.15, -0.1) is 0 Å². The number of fused-ring (bicyclic) bond motifs is 1. The minimum Gasteiger partial charge on any atom is -0.497 e. The molecule has 2 atom stereocenters. The minimum atomic E-state index is -1.09. The van der Waals surface area contributed by atoms with E-state index in [0.717, 1.165) is 22.4 Å². The van der Waals surface area contributed by atoms with Gasteiger partial charge in [0.15, 0.2) is 6.04 Å². The van der Waals surface area contributed by atoms with Crippen LogP contribution in [-0.4, -0.2) is 30.7 Å². The molecule has 2 aromatic rings. The fourth-order valence-corrected chi connectivity index (χ4v) is 3.16. The first-order valence-corrected chi connectivity index (χ1v) is 8.79. The Bertz CT molecular complexity index is 877. The Morgan fingerprint density at radius 3 is 2.63 bits per heavy atom. The molecule has 2 N–H and O–H groups in total. The zero-order chi connectivity index (χ0) is 19.6. The van der Waals surface area contributed by atoms with Crippen molar-refractivity contribution in [3.05, 3.63) is 58.7 Å². The fourth-order valence-electron chi connectivity index (χ4n) is 3.16. The molecule has 0 saturated heterocycles. The molecule has 0 fully saturated rings. The van der Waals surface area contributed by atoms with E-state index in [1.54, 1.807) is 25.3 Å². The molecule has 3 rings (SSSR count). The fraction of sp³-hybridized carbons (Fsp3) is 0.333. The van der Waals surface area contributed by atoms with Crippen LogP contribution in [0.3, 0.4) is 0 Å². The van der Waals surface area contributed by atoms with Crippen LogP contribution in [0.25, 0.3) is 0 Å². The summed E-state index contributed by atoms with van der Waals surface area (Å²) in [6.45, 7) is 4.09. The SMILES string of the molecule is COc1ccc2c(c1)CC(C(=O)NC(C(=O)O)c1ccc(C)c(C)c1)CO2. The van der Waals surface area contributed by atoms with Crippen LogP contribution in [-0.2, 0) is 16.0 Å². The number of amides is 1. The van der Waals surface area contributed by atoms with Gasteiger partial charge in [-0.3, -0.25) is 4.79 Å². The van der Waals surface area contributed by atoms with Crippen LogP contribution in [0, 0.1) is 19.8 Å². The number of methoxy groups -OCH3 is 1. The number of carbonyl (C=O) groups excluding carboxylic acids is 1. The molecule has 2 aromatic carbocycles. The molecule has 27 heavy (non-hydrogen) atoms. The van der Waals surface area contributed by atoms with Gasteiger partial charge in [0, 0.05) is 0 Å². The zero-order valence-corrected chi connectivity index (χ0v) is 15.6. The number of carboxylic acids is 1. The summed E-state index contributed by atoms with van der Waals surface area (Å²) in [5, 5.41) is 12.3. The monoisotopic (exact) mass is 369 g/mol. The first-order chi connectivity index (χ1) is 12.9. The van der Waals surface area contributed by atoms with E-state index < -0.39 is 17.9 Å². The van der Waals surface area contributed by atoms with Crippen molar-refractivity contribution in [2.24, 2.45) is 5.92 Å². The van der Waals surface area contributed by atoms with Crippen LogP contribution in [0.4, 0.5) is 0 Å². The molecule has 1 amide bonds. The van der Waals surface area contributed by atoms with E-state index in [2.05, 4.69) is 5.32 Å². The molecule has 2 unspecified atom stereocenters. The highest BCUT2D eigenvalue weighted by atomic mass is 16.5. The molecule has 142 valence electrons. The van der Waals surface area contributed by atoms with Crippen LogP contribution in [0.2, 0.25) is 0 Å². The number of ether oxygens (including phenoxy) is 2. The first kappa shape index (κ1) is 18.8. The number of rotatable bonds is 5.